The van der Waals surface area contributed by atoms with Crippen molar-refractivity contribution in [2.75, 3.05) is 0 Å². The summed E-state index contributed by atoms with van der Waals surface area (Å²) in [5, 5.41) is 3.90. The minimum Gasteiger partial charge on any atom is -0.455 e. The van der Waals surface area contributed by atoms with E-state index in [4.69, 9.17) is 8.83 Å². The highest BCUT2D eigenvalue weighted by atomic mass is 79.9. The van der Waals surface area contributed by atoms with Gasteiger partial charge in [-0.05, 0) is 86.7 Å². The van der Waals surface area contributed by atoms with E-state index in [0.717, 1.165) is 86.2 Å². The Labute approximate surface area is 260 Å². The average Bonchev–Trinajstić information content (AvgIpc) is 3.68. The lowest BCUT2D eigenvalue weighted by Gasteiger charge is -2.34. The molecule has 1 aliphatic rings. The van der Waals surface area contributed by atoms with Gasteiger partial charge in [0.15, 0.2) is 0 Å². The Morgan fingerprint density at radius 2 is 1.00 bits per heavy atom. The number of fused-ring (bicyclic) bond motifs is 11. The summed E-state index contributed by atoms with van der Waals surface area (Å²) in [6, 6.07) is 33.4. The zero-order chi connectivity index (χ0) is 29.0. The lowest BCUT2D eigenvalue weighted by Crippen LogP contribution is -2.28. The number of hydrogen-bond donors (Lipinski definition) is 0. The van der Waals surface area contributed by atoms with Gasteiger partial charge in [-0.1, -0.05) is 76.6 Å². The molecule has 6 heteroatoms. The zero-order valence-electron chi connectivity index (χ0n) is 22.2. The first kappa shape index (κ1) is 25.3. The Kier molecular flexibility index (Phi) is 5.22. The van der Waals surface area contributed by atoms with Crippen molar-refractivity contribution in [2.24, 2.45) is 0 Å². The van der Waals surface area contributed by atoms with Crippen LogP contribution in [0.1, 0.15) is 22.3 Å². The summed E-state index contributed by atoms with van der Waals surface area (Å²) in [4.78, 5) is 0. The Morgan fingerprint density at radius 3 is 1.60 bits per heavy atom. The van der Waals surface area contributed by atoms with E-state index in [1.54, 1.807) is 0 Å². The highest BCUT2D eigenvalue weighted by molar-refractivity contribution is 9.11. The molecule has 0 bridgehead atoms. The first-order valence-corrected chi connectivity index (χ1v) is 15.4. The third-order valence-corrected chi connectivity index (χ3v) is 10.0. The monoisotopic (exact) mass is 690 g/mol. The summed E-state index contributed by atoms with van der Waals surface area (Å²) in [5.74, 6) is -0.661. The van der Waals surface area contributed by atoms with Crippen molar-refractivity contribution in [2.45, 2.75) is 5.41 Å². The maximum atomic E-state index is 14.4. The van der Waals surface area contributed by atoms with Gasteiger partial charge in [-0.15, -0.1) is 0 Å². The molecule has 0 amide bonds. The smallest absolute Gasteiger partial charge is 0.150 e. The second-order valence-corrected chi connectivity index (χ2v) is 12.6. The highest BCUT2D eigenvalue weighted by Gasteiger charge is 2.49. The van der Waals surface area contributed by atoms with Crippen molar-refractivity contribution in [3.63, 3.8) is 0 Å². The van der Waals surface area contributed by atoms with Gasteiger partial charge in [0, 0.05) is 37.1 Å². The lowest BCUT2D eigenvalue weighted by atomic mass is 9.67. The first-order chi connectivity index (χ1) is 21.0. The number of para-hydroxylation sites is 2. The van der Waals surface area contributed by atoms with Crippen molar-refractivity contribution in [1.82, 2.24) is 0 Å². The molecule has 6 aromatic carbocycles. The van der Waals surface area contributed by atoms with E-state index in [2.05, 4.69) is 56.1 Å². The van der Waals surface area contributed by atoms with E-state index in [1.165, 1.54) is 24.3 Å². The summed E-state index contributed by atoms with van der Waals surface area (Å²) in [6.07, 6.45) is 0. The van der Waals surface area contributed by atoms with Crippen LogP contribution in [0.25, 0.3) is 55.0 Å². The van der Waals surface area contributed by atoms with E-state index in [1.807, 2.05) is 60.7 Å². The van der Waals surface area contributed by atoms with Crippen molar-refractivity contribution >= 4 is 75.7 Å². The number of hydrogen-bond acceptors (Lipinski definition) is 2. The van der Waals surface area contributed by atoms with E-state index >= 15 is 0 Å². The fraction of sp³-hybridized carbons (Fsp3) is 0.0270. The Bertz CT molecular complexity index is 2390. The summed E-state index contributed by atoms with van der Waals surface area (Å²) < 4.78 is 43.7. The van der Waals surface area contributed by atoms with Crippen molar-refractivity contribution in [3.05, 3.63) is 152 Å². The Morgan fingerprint density at radius 1 is 0.512 bits per heavy atom. The van der Waals surface area contributed by atoms with E-state index in [-0.39, 0.29) is 11.6 Å². The molecule has 2 nitrogen and oxygen atoms in total. The van der Waals surface area contributed by atoms with Crippen LogP contribution in [0.2, 0.25) is 0 Å². The van der Waals surface area contributed by atoms with Crippen LogP contribution < -0.4 is 0 Å². The van der Waals surface area contributed by atoms with E-state index < -0.39 is 5.41 Å². The molecule has 2 heterocycles. The van der Waals surface area contributed by atoms with Gasteiger partial charge >= 0.3 is 0 Å². The first-order valence-electron chi connectivity index (χ1n) is 13.8. The van der Waals surface area contributed by atoms with Gasteiger partial charge in [-0.25, -0.2) is 8.78 Å². The van der Waals surface area contributed by atoms with Crippen molar-refractivity contribution in [1.29, 1.82) is 0 Å². The second kappa shape index (κ2) is 8.88. The molecular formula is C37H18Br2F2O2. The molecule has 0 spiro atoms. The largest absolute Gasteiger partial charge is 0.455 e. The van der Waals surface area contributed by atoms with Gasteiger partial charge in [-0.2, -0.15) is 0 Å². The van der Waals surface area contributed by atoms with Gasteiger partial charge in [-0.3, -0.25) is 0 Å². The van der Waals surface area contributed by atoms with Crippen LogP contribution in [0.15, 0.2) is 127 Å². The van der Waals surface area contributed by atoms with Gasteiger partial charge in [0.2, 0.25) is 0 Å². The molecule has 0 N–H and O–H groups in total. The maximum Gasteiger partial charge on any atom is 0.150 e. The van der Waals surface area contributed by atoms with Crippen LogP contribution in [0.5, 0.6) is 0 Å². The molecule has 0 aliphatic heterocycles. The minimum atomic E-state index is -0.934. The van der Waals surface area contributed by atoms with Crippen LogP contribution >= 0.6 is 31.9 Å². The molecule has 8 aromatic rings. The Balaban J connectivity index is 1.59. The standard InChI is InChI=1S/C37H18Br2F2O2/c38-27-17-26-34(36-31(27)23-5-1-3-7-29(23)43-36)33-25(18-28(39)35-32(33)24-6-2-4-8-30(24)42-35)37(26,19-9-13-21(40)14-10-19)20-11-15-22(41)16-12-20/h1-18H. The van der Waals surface area contributed by atoms with Gasteiger partial charge in [0.1, 0.15) is 34.0 Å². The molecule has 1 aliphatic carbocycles. The molecule has 0 saturated heterocycles. The quantitative estimate of drug-likeness (QED) is 0.180. The second-order valence-electron chi connectivity index (χ2n) is 10.9. The van der Waals surface area contributed by atoms with Crippen LogP contribution in [0.3, 0.4) is 0 Å². The van der Waals surface area contributed by atoms with Gasteiger partial charge in [0.25, 0.3) is 0 Å². The van der Waals surface area contributed by atoms with E-state index in [0.29, 0.717) is 0 Å². The number of benzene rings is 6. The highest BCUT2D eigenvalue weighted by Crippen LogP contribution is 2.62. The van der Waals surface area contributed by atoms with Crippen LogP contribution in [0.4, 0.5) is 8.78 Å². The topological polar surface area (TPSA) is 26.3 Å². The maximum absolute atomic E-state index is 14.4. The van der Waals surface area contributed by atoms with Gasteiger partial charge in [0.05, 0.1) is 9.89 Å². The molecule has 0 unspecified atom stereocenters. The molecule has 43 heavy (non-hydrogen) atoms. The molecule has 0 saturated carbocycles. The normalized spacial score (nSPS) is 13.8. The number of rotatable bonds is 2. The predicted molar refractivity (Wildman–Crippen MR) is 174 cm³/mol. The molecule has 9 rings (SSSR count). The summed E-state index contributed by atoms with van der Waals surface area (Å²) in [5.41, 5.74) is 7.60. The Hall–Kier alpha value is -4.26. The van der Waals surface area contributed by atoms with Crippen LogP contribution in [-0.4, -0.2) is 0 Å². The molecular weight excluding hydrogens is 674 g/mol. The fourth-order valence-electron chi connectivity index (χ4n) is 7.15. The number of furan rings is 2. The third-order valence-electron chi connectivity index (χ3n) is 8.82. The molecule has 2 aromatic heterocycles. The minimum absolute atomic E-state index is 0.331. The zero-order valence-corrected chi connectivity index (χ0v) is 25.4. The van der Waals surface area contributed by atoms with E-state index in [9.17, 15) is 8.78 Å². The molecule has 206 valence electrons. The molecule has 0 radical (unpaired) electrons. The molecule has 0 atom stereocenters. The van der Waals surface area contributed by atoms with Crippen molar-refractivity contribution in [3.8, 4) is 11.1 Å². The third kappa shape index (κ3) is 3.25. The molecule has 0 fully saturated rings. The van der Waals surface area contributed by atoms with Crippen LogP contribution in [0, 0.1) is 11.6 Å². The summed E-state index contributed by atoms with van der Waals surface area (Å²) >= 11 is 7.74. The SMILES string of the molecule is Fc1ccc(C2(c3ccc(F)cc3)c3cc(Br)c4c(oc5ccccc54)c3-c3c2cc(Br)c2oc4ccccc4c32)cc1. The summed E-state index contributed by atoms with van der Waals surface area (Å²) in [6.45, 7) is 0. The number of halogens is 4. The van der Waals surface area contributed by atoms with Crippen LogP contribution in [-0.2, 0) is 5.41 Å². The van der Waals surface area contributed by atoms with Gasteiger partial charge < -0.3 is 8.83 Å². The lowest BCUT2D eigenvalue weighted by molar-refractivity contribution is 0.622. The van der Waals surface area contributed by atoms with Crippen molar-refractivity contribution < 1.29 is 17.6 Å². The predicted octanol–water partition coefficient (Wildman–Crippen LogP) is 11.7. The summed E-state index contributed by atoms with van der Waals surface area (Å²) in [7, 11) is 0. The average molecular weight is 692 g/mol. The fourth-order valence-corrected chi connectivity index (χ4v) is 8.28.